The first-order valence-electron chi connectivity index (χ1n) is 11.1. The van der Waals surface area contributed by atoms with Gasteiger partial charge in [0.05, 0.1) is 24.3 Å². The first kappa shape index (κ1) is 20.2. The van der Waals surface area contributed by atoms with Gasteiger partial charge in [-0.25, -0.2) is 4.68 Å². The molecule has 2 aromatic rings. The van der Waals surface area contributed by atoms with Crippen LogP contribution in [-0.2, 0) is 9.53 Å². The molecule has 0 aliphatic carbocycles. The van der Waals surface area contributed by atoms with E-state index in [1.807, 2.05) is 46.3 Å². The van der Waals surface area contributed by atoms with Gasteiger partial charge < -0.3 is 14.5 Å². The van der Waals surface area contributed by atoms with E-state index in [1.165, 1.54) is 0 Å². The van der Waals surface area contributed by atoms with E-state index in [0.29, 0.717) is 18.7 Å². The molecule has 2 amide bonds. The molecule has 164 valence electrons. The number of hydrogen-bond donors (Lipinski definition) is 0. The molecular weight excluding hydrogens is 394 g/mol. The summed E-state index contributed by atoms with van der Waals surface area (Å²) in [4.78, 5) is 32.6. The molecule has 1 spiro atoms. The van der Waals surface area contributed by atoms with Gasteiger partial charge in [-0.1, -0.05) is 6.07 Å². The van der Waals surface area contributed by atoms with E-state index in [1.54, 1.807) is 10.9 Å². The lowest BCUT2D eigenvalue weighted by Gasteiger charge is -2.29. The molecule has 0 N–H and O–H groups in total. The lowest BCUT2D eigenvalue weighted by Crippen LogP contribution is -2.43. The summed E-state index contributed by atoms with van der Waals surface area (Å²) in [6, 6.07) is 9.37. The molecule has 1 aromatic heterocycles. The molecule has 1 atom stereocenters. The molecule has 1 unspecified atom stereocenters. The number of nitrogens with zero attached hydrogens (tertiary/aromatic N) is 5. The maximum atomic E-state index is 13.2. The van der Waals surface area contributed by atoms with Crippen molar-refractivity contribution in [3.8, 4) is 5.69 Å². The van der Waals surface area contributed by atoms with Crippen molar-refractivity contribution in [2.75, 3.05) is 59.0 Å². The Kier molecular flexibility index (Phi) is 5.50. The van der Waals surface area contributed by atoms with Crippen LogP contribution in [0.1, 0.15) is 23.2 Å². The van der Waals surface area contributed by atoms with Crippen LogP contribution in [0.2, 0.25) is 0 Å². The average Bonchev–Trinajstić information content (AvgIpc) is 3.56. The quantitative estimate of drug-likeness (QED) is 0.724. The summed E-state index contributed by atoms with van der Waals surface area (Å²) in [5.74, 6) is 0.215. The lowest BCUT2D eigenvalue weighted by molar-refractivity contribution is -0.135. The molecule has 3 aliphatic rings. The number of aromatic nitrogens is 2. The number of hydrogen-bond acceptors (Lipinski definition) is 5. The van der Waals surface area contributed by atoms with E-state index < -0.39 is 5.41 Å². The SMILES string of the molecule is O=C(c1cccc(-n2cccn2)c1)N1CCC2(CCN(CCN3CCOCC3)C2=O)C1. The molecule has 3 aliphatic heterocycles. The Hall–Kier alpha value is -2.71. The first-order valence-corrected chi connectivity index (χ1v) is 11.1. The van der Waals surface area contributed by atoms with Crippen LogP contribution in [0.15, 0.2) is 42.7 Å². The van der Waals surface area contributed by atoms with Crippen molar-refractivity contribution in [1.29, 1.82) is 0 Å². The smallest absolute Gasteiger partial charge is 0.253 e. The molecule has 0 bridgehead atoms. The van der Waals surface area contributed by atoms with Gasteiger partial charge in [0, 0.05) is 63.8 Å². The van der Waals surface area contributed by atoms with E-state index in [2.05, 4.69) is 10.00 Å². The monoisotopic (exact) mass is 423 g/mol. The predicted octanol–water partition coefficient (Wildman–Crippen LogP) is 1.27. The Morgan fingerprint density at radius 2 is 1.90 bits per heavy atom. The molecule has 8 nitrogen and oxygen atoms in total. The minimum absolute atomic E-state index is 0.00884. The Morgan fingerprint density at radius 3 is 2.71 bits per heavy atom. The zero-order valence-electron chi connectivity index (χ0n) is 17.8. The van der Waals surface area contributed by atoms with Gasteiger partial charge in [-0.05, 0) is 37.1 Å². The minimum Gasteiger partial charge on any atom is -0.379 e. The van der Waals surface area contributed by atoms with Gasteiger partial charge in [0.25, 0.3) is 5.91 Å². The van der Waals surface area contributed by atoms with Crippen LogP contribution >= 0.6 is 0 Å². The number of rotatable bonds is 5. The number of benzene rings is 1. The van der Waals surface area contributed by atoms with Crippen LogP contribution in [0.25, 0.3) is 5.69 Å². The molecule has 0 saturated carbocycles. The molecule has 0 radical (unpaired) electrons. The summed E-state index contributed by atoms with van der Waals surface area (Å²) in [5.41, 5.74) is 1.09. The van der Waals surface area contributed by atoms with Gasteiger partial charge in [-0.15, -0.1) is 0 Å². The van der Waals surface area contributed by atoms with Gasteiger partial charge in [0.1, 0.15) is 0 Å². The molecule has 5 rings (SSSR count). The standard InChI is InChI=1S/C23H29N5O3/c29-21(19-3-1-4-20(17-19)28-8-2-7-24-28)27-10-6-23(18-27)5-9-26(22(23)30)12-11-25-13-15-31-16-14-25/h1-4,7-8,17H,5-6,9-16,18H2. The fraction of sp³-hybridized carbons (Fsp3) is 0.522. The third kappa shape index (κ3) is 3.97. The van der Waals surface area contributed by atoms with E-state index >= 15 is 0 Å². The van der Waals surface area contributed by atoms with Crippen LogP contribution < -0.4 is 0 Å². The number of carbonyl (C=O) groups is 2. The Balaban J connectivity index is 1.22. The topological polar surface area (TPSA) is 70.9 Å². The molecule has 3 fully saturated rings. The third-order valence-electron chi connectivity index (χ3n) is 6.89. The zero-order valence-corrected chi connectivity index (χ0v) is 17.8. The molecule has 3 saturated heterocycles. The second kappa shape index (κ2) is 8.43. The average molecular weight is 424 g/mol. The highest BCUT2D eigenvalue weighted by Gasteiger charge is 2.51. The van der Waals surface area contributed by atoms with Gasteiger partial charge in [-0.2, -0.15) is 5.10 Å². The van der Waals surface area contributed by atoms with E-state index in [0.717, 1.165) is 64.5 Å². The van der Waals surface area contributed by atoms with Crippen LogP contribution in [0, 0.1) is 5.41 Å². The van der Waals surface area contributed by atoms with Gasteiger partial charge in [-0.3, -0.25) is 14.5 Å². The van der Waals surface area contributed by atoms with Crippen molar-refractivity contribution in [3.05, 3.63) is 48.3 Å². The number of morpholine rings is 1. The lowest BCUT2D eigenvalue weighted by atomic mass is 9.85. The second-order valence-electron chi connectivity index (χ2n) is 8.75. The summed E-state index contributed by atoms with van der Waals surface area (Å²) >= 11 is 0. The molecule has 4 heterocycles. The third-order valence-corrected chi connectivity index (χ3v) is 6.89. The normalized spacial score (nSPS) is 24.5. The van der Waals surface area contributed by atoms with Gasteiger partial charge in [0.2, 0.25) is 5.91 Å². The van der Waals surface area contributed by atoms with E-state index in [4.69, 9.17) is 4.74 Å². The highest BCUT2D eigenvalue weighted by atomic mass is 16.5. The fourth-order valence-corrected chi connectivity index (χ4v) is 5.00. The molecule has 31 heavy (non-hydrogen) atoms. The fourth-order valence-electron chi connectivity index (χ4n) is 5.00. The van der Waals surface area contributed by atoms with E-state index in [9.17, 15) is 9.59 Å². The Labute approximate surface area is 182 Å². The summed E-state index contributed by atoms with van der Waals surface area (Å²) in [5, 5.41) is 4.24. The van der Waals surface area contributed by atoms with Crippen LogP contribution in [0.5, 0.6) is 0 Å². The van der Waals surface area contributed by atoms with Crippen molar-refractivity contribution in [3.63, 3.8) is 0 Å². The summed E-state index contributed by atoms with van der Waals surface area (Å²) in [6.45, 7) is 7.03. The summed E-state index contributed by atoms with van der Waals surface area (Å²) < 4.78 is 7.15. The van der Waals surface area contributed by atoms with Gasteiger partial charge in [0.15, 0.2) is 0 Å². The molecule has 8 heteroatoms. The number of carbonyl (C=O) groups excluding carboxylic acids is 2. The first-order chi connectivity index (χ1) is 15.1. The predicted molar refractivity (Wildman–Crippen MR) is 115 cm³/mol. The Morgan fingerprint density at radius 1 is 1.06 bits per heavy atom. The van der Waals surface area contributed by atoms with E-state index in [-0.39, 0.29) is 11.8 Å². The number of amides is 2. The number of likely N-dealkylation sites (tertiary alicyclic amines) is 2. The summed E-state index contributed by atoms with van der Waals surface area (Å²) in [6.07, 6.45) is 5.17. The van der Waals surface area contributed by atoms with Crippen molar-refractivity contribution in [2.24, 2.45) is 5.41 Å². The molecule has 1 aromatic carbocycles. The van der Waals surface area contributed by atoms with Crippen molar-refractivity contribution >= 4 is 11.8 Å². The Bertz CT molecular complexity index is 940. The maximum absolute atomic E-state index is 13.2. The van der Waals surface area contributed by atoms with Crippen LogP contribution in [-0.4, -0.2) is 95.3 Å². The van der Waals surface area contributed by atoms with Crippen molar-refractivity contribution < 1.29 is 14.3 Å². The van der Waals surface area contributed by atoms with Crippen molar-refractivity contribution in [2.45, 2.75) is 12.8 Å². The van der Waals surface area contributed by atoms with Crippen LogP contribution in [0.4, 0.5) is 0 Å². The highest BCUT2D eigenvalue weighted by molar-refractivity contribution is 5.96. The largest absolute Gasteiger partial charge is 0.379 e. The van der Waals surface area contributed by atoms with Crippen molar-refractivity contribution in [1.82, 2.24) is 24.5 Å². The maximum Gasteiger partial charge on any atom is 0.253 e. The summed E-state index contributed by atoms with van der Waals surface area (Å²) in [7, 11) is 0. The second-order valence-corrected chi connectivity index (χ2v) is 8.75. The highest BCUT2D eigenvalue weighted by Crippen LogP contribution is 2.41. The molecular formula is C23H29N5O3. The number of ether oxygens (including phenoxy) is 1. The minimum atomic E-state index is -0.403. The van der Waals surface area contributed by atoms with Crippen LogP contribution in [0.3, 0.4) is 0 Å². The van der Waals surface area contributed by atoms with Gasteiger partial charge >= 0.3 is 0 Å². The zero-order chi connectivity index (χ0) is 21.3.